The number of hydrogen-bond donors (Lipinski definition) is 1. The van der Waals surface area contributed by atoms with Crippen LogP contribution in [-0.2, 0) is 10.2 Å². The largest absolute Gasteiger partial charge is 0.289 e. The third-order valence-corrected chi connectivity index (χ3v) is 2.44. The summed E-state index contributed by atoms with van der Waals surface area (Å²) in [6, 6.07) is 6.10. The van der Waals surface area contributed by atoms with Crippen LogP contribution >= 0.6 is 0 Å². The number of halogens is 1. The first-order chi connectivity index (χ1) is 7.34. The van der Waals surface area contributed by atoms with Crippen LogP contribution in [0.25, 0.3) is 0 Å². The second-order valence-electron chi connectivity index (χ2n) is 4.47. The molecule has 0 saturated heterocycles. The summed E-state index contributed by atoms with van der Waals surface area (Å²) >= 11 is 0. The highest BCUT2D eigenvalue weighted by Gasteiger charge is 2.30. The van der Waals surface area contributed by atoms with Crippen LogP contribution in [0.15, 0.2) is 24.3 Å². The molecule has 0 aromatic heterocycles. The summed E-state index contributed by atoms with van der Waals surface area (Å²) in [7, 11) is 3.47. The Labute approximate surface area is 95.2 Å². The molecule has 0 unspecified atom stereocenters. The van der Waals surface area contributed by atoms with E-state index < -0.39 is 5.41 Å². The van der Waals surface area contributed by atoms with Crippen molar-refractivity contribution in [2.45, 2.75) is 19.3 Å². The van der Waals surface area contributed by atoms with Gasteiger partial charge >= 0.3 is 0 Å². The molecule has 0 bridgehead atoms. The van der Waals surface area contributed by atoms with Gasteiger partial charge in [-0.1, -0.05) is 12.1 Å². The number of carbonyl (C=O) groups is 1. The molecule has 1 amide bonds. The molecule has 1 N–H and O–H groups in total. The van der Waals surface area contributed by atoms with Crippen LogP contribution in [0.5, 0.6) is 0 Å². The van der Waals surface area contributed by atoms with Crippen molar-refractivity contribution in [3.8, 4) is 0 Å². The van der Waals surface area contributed by atoms with Crippen LogP contribution in [0.3, 0.4) is 0 Å². The zero-order valence-corrected chi connectivity index (χ0v) is 10.0. The average Bonchev–Trinajstić information content (AvgIpc) is 2.16. The van der Waals surface area contributed by atoms with Gasteiger partial charge < -0.3 is 0 Å². The van der Waals surface area contributed by atoms with E-state index in [-0.39, 0.29) is 11.7 Å². The van der Waals surface area contributed by atoms with Crippen LogP contribution < -0.4 is 5.43 Å². The highest BCUT2D eigenvalue weighted by Crippen LogP contribution is 2.23. The van der Waals surface area contributed by atoms with Gasteiger partial charge in [0.2, 0.25) is 5.91 Å². The smallest absolute Gasteiger partial charge is 0.244 e. The SMILES string of the molecule is CN(C)NC(=O)C(C)(C)c1cccc(F)c1. The van der Waals surface area contributed by atoms with E-state index in [1.54, 1.807) is 45.1 Å². The van der Waals surface area contributed by atoms with E-state index in [0.29, 0.717) is 5.56 Å². The van der Waals surface area contributed by atoms with Crippen molar-refractivity contribution < 1.29 is 9.18 Å². The third-order valence-electron chi connectivity index (χ3n) is 2.44. The first kappa shape index (κ1) is 12.6. The summed E-state index contributed by atoms with van der Waals surface area (Å²) < 4.78 is 13.1. The van der Waals surface area contributed by atoms with Gasteiger partial charge in [0.05, 0.1) is 5.41 Å². The molecule has 0 radical (unpaired) electrons. The first-order valence-corrected chi connectivity index (χ1v) is 5.08. The topological polar surface area (TPSA) is 32.3 Å². The Morgan fingerprint density at radius 1 is 1.38 bits per heavy atom. The lowest BCUT2D eigenvalue weighted by atomic mass is 9.84. The van der Waals surface area contributed by atoms with E-state index >= 15 is 0 Å². The average molecular weight is 224 g/mol. The number of benzene rings is 1. The Hall–Kier alpha value is -1.42. The van der Waals surface area contributed by atoms with Gasteiger partial charge in [0.1, 0.15) is 5.82 Å². The van der Waals surface area contributed by atoms with Crippen LogP contribution in [0.2, 0.25) is 0 Å². The summed E-state index contributed by atoms with van der Waals surface area (Å²) in [6.45, 7) is 3.53. The Morgan fingerprint density at radius 3 is 2.50 bits per heavy atom. The minimum absolute atomic E-state index is 0.164. The molecule has 4 heteroatoms. The molecule has 0 aliphatic carbocycles. The zero-order chi connectivity index (χ0) is 12.3. The van der Waals surface area contributed by atoms with Gasteiger partial charge in [-0.25, -0.2) is 9.40 Å². The van der Waals surface area contributed by atoms with Gasteiger partial charge in [0.15, 0.2) is 0 Å². The highest BCUT2D eigenvalue weighted by atomic mass is 19.1. The van der Waals surface area contributed by atoms with Gasteiger partial charge in [0, 0.05) is 14.1 Å². The van der Waals surface area contributed by atoms with Gasteiger partial charge in [-0.15, -0.1) is 0 Å². The molecule has 88 valence electrons. The minimum Gasteiger partial charge on any atom is -0.289 e. The van der Waals surface area contributed by atoms with Crippen LogP contribution in [-0.4, -0.2) is 25.0 Å². The molecule has 0 saturated carbocycles. The summed E-state index contributed by atoms with van der Waals surface area (Å²) in [5.74, 6) is -0.494. The standard InChI is InChI=1S/C12H17FN2O/c1-12(2,11(16)14-15(3)4)9-6-5-7-10(13)8-9/h5-8H,1-4H3,(H,14,16). The number of hydrazine groups is 1. The fourth-order valence-corrected chi connectivity index (χ4v) is 1.35. The normalized spacial score (nSPS) is 11.6. The van der Waals surface area contributed by atoms with Crippen LogP contribution in [0.1, 0.15) is 19.4 Å². The van der Waals surface area contributed by atoms with Gasteiger partial charge in [0.25, 0.3) is 0 Å². The number of nitrogens with one attached hydrogen (secondary N) is 1. The molecule has 0 fully saturated rings. The number of nitrogens with zero attached hydrogens (tertiary/aromatic N) is 1. The molecular formula is C12H17FN2O. The van der Waals surface area contributed by atoms with Crippen molar-refractivity contribution in [2.75, 3.05) is 14.1 Å². The predicted molar refractivity (Wildman–Crippen MR) is 61.3 cm³/mol. The lowest BCUT2D eigenvalue weighted by molar-refractivity contribution is -0.129. The van der Waals surface area contributed by atoms with E-state index in [4.69, 9.17) is 0 Å². The Kier molecular flexibility index (Phi) is 3.65. The Balaban J connectivity index is 2.97. The van der Waals surface area contributed by atoms with Crippen LogP contribution in [0.4, 0.5) is 4.39 Å². The Bertz CT molecular complexity index is 388. The number of carbonyl (C=O) groups excluding carboxylic acids is 1. The molecule has 0 atom stereocenters. The van der Waals surface area contributed by atoms with Crippen molar-refractivity contribution in [2.24, 2.45) is 0 Å². The van der Waals surface area contributed by atoms with E-state index in [2.05, 4.69) is 5.43 Å². The molecule has 0 aliphatic heterocycles. The van der Waals surface area contributed by atoms with Crippen LogP contribution in [0, 0.1) is 5.82 Å². The maximum atomic E-state index is 13.1. The van der Waals surface area contributed by atoms with E-state index in [1.807, 2.05) is 0 Å². The van der Waals surface area contributed by atoms with E-state index in [0.717, 1.165) is 0 Å². The second kappa shape index (κ2) is 4.61. The van der Waals surface area contributed by atoms with Crippen molar-refractivity contribution in [1.82, 2.24) is 10.4 Å². The van der Waals surface area contributed by atoms with Crippen molar-refractivity contribution in [1.29, 1.82) is 0 Å². The van der Waals surface area contributed by atoms with Crippen molar-refractivity contribution >= 4 is 5.91 Å². The van der Waals surface area contributed by atoms with Gasteiger partial charge in [-0.05, 0) is 31.5 Å². The maximum absolute atomic E-state index is 13.1. The first-order valence-electron chi connectivity index (χ1n) is 5.08. The molecule has 3 nitrogen and oxygen atoms in total. The molecule has 0 aliphatic rings. The molecule has 1 aromatic rings. The van der Waals surface area contributed by atoms with Gasteiger partial charge in [-0.2, -0.15) is 0 Å². The second-order valence-corrected chi connectivity index (χ2v) is 4.47. The summed E-state index contributed by atoms with van der Waals surface area (Å²) in [6.07, 6.45) is 0. The summed E-state index contributed by atoms with van der Waals surface area (Å²) in [5, 5.41) is 1.57. The quantitative estimate of drug-likeness (QED) is 0.792. The molecule has 0 heterocycles. The molecule has 16 heavy (non-hydrogen) atoms. The Morgan fingerprint density at radius 2 is 2.00 bits per heavy atom. The third kappa shape index (κ3) is 2.79. The minimum atomic E-state index is -0.758. The number of amides is 1. The number of hydrogen-bond acceptors (Lipinski definition) is 2. The maximum Gasteiger partial charge on any atom is 0.244 e. The fourth-order valence-electron chi connectivity index (χ4n) is 1.35. The lowest BCUT2D eigenvalue weighted by Crippen LogP contribution is -2.46. The molecule has 1 rings (SSSR count). The molecular weight excluding hydrogens is 207 g/mol. The fraction of sp³-hybridized carbons (Fsp3) is 0.417. The van der Waals surface area contributed by atoms with E-state index in [9.17, 15) is 9.18 Å². The predicted octanol–water partition coefficient (Wildman–Crippen LogP) is 1.70. The monoisotopic (exact) mass is 224 g/mol. The van der Waals surface area contributed by atoms with Crippen molar-refractivity contribution in [3.63, 3.8) is 0 Å². The number of rotatable bonds is 3. The molecule has 0 spiro atoms. The zero-order valence-electron chi connectivity index (χ0n) is 10.0. The summed E-state index contributed by atoms with van der Waals surface area (Å²) in [5.41, 5.74) is 2.57. The molecule has 1 aromatic carbocycles. The lowest BCUT2D eigenvalue weighted by Gasteiger charge is -2.26. The van der Waals surface area contributed by atoms with Crippen molar-refractivity contribution in [3.05, 3.63) is 35.6 Å². The van der Waals surface area contributed by atoms with E-state index in [1.165, 1.54) is 12.1 Å². The summed E-state index contributed by atoms with van der Waals surface area (Å²) in [4.78, 5) is 11.9. The van der Waals surface area contributed by atoms with Gasteiger partial charge in [-0.3, -0.25) is 10.2 Å². The highest BCUT2D eigenvalue weighted by molar-refractivity contribution is 5.86.